The molecule has 0 saturated carbocycles. The number of hydrogen-bond acceptors (Lipinski definition) is 4. The normalized spacial score (nSPS) is 27.3. The largest absolute Gasteiger partial charge is 0.375 e. The number of thiophene rings is 1. The molecule has 122 valence electrons. The van der Waals surface area contributed by atoms with Crippen LogP contribution in [0.4, 0.5) is 4.79 Å². The number of likely N-dealkylation sites (N-methyl/N-ethyl adjacent to an activating group) is 1. The maximum atomic E-state index is 12.6. The molecule has 1 aromatic heterocycles. The van der Waals surface area contributed by atoms with Crippen LogP contribution in [0.1, 0.15) is 30.7 Å². The van der Waals surface area contributed by atoms with Crippen molar-refractivity contribution in [2.45, 2.75) is 38.0 Å². The Hall–Kier alpha value is -1.11. The number of nitrogens with one attached hydrogen (secondary N) is 1. The molecule has 2 fully saturated rings. The molecule has 0 radical (unpaired) electrons. The smallest absolute Gasteiger partial charge is 0.317 e. The third-order valence-corrected chi connectivity index (χ3v) is 5.73. The van der Waals surface area contributed by atoms with E-state index < -0.39 is 0 Å². The molecule has 2 aliphatic heterocycles. The molecule has 1 N–H and O–H groups in total. The zero-order valence-corrected chi connectivity index (χ0v) is 14.1. The van der Waals surface area contributed by atoms with Crippen LogP contribution in [0.2, 0.25) is 0 Å². The number of piperidine rings is 1. The van der Waals surface area contributed by atoms with E-state index in [1.54, 1.807) is 11.3 Å². The highest BCUT2D eigenvalue weighted by Gasteiger charge is 2.37. The Kier molecular flexibility index (Phi) is 5.00. The van der Waals surface area contributed by atoms with Crippen molar-refractivity contribution in [1.29, 1.82) is 0 Å². The summed E-state index contributed by atoms with van der Waals surface area (Å²) in [6.07, 6.45) is 2.12. The van der Waals surface area contributed by atoms with Gasteiger partial charge in [0, 0.05) is 24.5 Å². The molecule has 3 heterocycles. The van der Waals surface area contributed by atoms with Crippen LogP contribution in [0.5, 0.6) is 0 Å². The standard InChI is InChI=1S/C16H25N3O2S/c1-3-12(15-5-4-10-22-15)17-16(20)19-7-6-14-13(11-19)18(2)8-9-21-14/h4-5,10,12-14H,3,6-9,11H2,1-2H3,(H,17,20)/t12-,13+,14+/m0/s1. The average molecular weight is 323 g/mol. The second kappa shape index (κ2) is 6.98. The molecule has 5 nitrogen and oxygen atoms in total. The van der Waals surface area contributed by atoms with Crippen LogP contribution in [-0.4, -0.2) is 61.3 Å². The first-order valence-electron chi connectivity index (χ1n) is 8.09. The lowest BCUT2D eigenvalue weighted by molar-refractivity contribution is -0.0882. The van der Waals surface area contributed by atoms with Crippen molar-refractivity contribution >= 4 is 17.4 Å². The molecule has 0 aliphatic carbocycles. The quantitative estimate of drug-likeness (QED) is 0.928. The van der Waals surface area contributed by atoms with E-state index in [9.17, 15) is 4.79 Å². The number of amides is 2. The number of carbonyl (C=O) groups excluding carboxylic acids is 1. The van der Waals surface area contributed by atoms with Crippen LogP contribution in [0, 0.1) is 0 Å². The predicted octanol–water partition coefficient (Wildman–Crippen LogP) is 2.31. The topological polar surface area (TPSA) is 44.8 Å². The van der Waals surface area contributed by atoms with E-state index in [2.05, 4.69) is 35.6 Å². The van der Waals surface area contributed by atoms with Gasteiger partial charge in [-0.3, -0.25) is 4.90 Å². The van der Waals surface area contributed by atoms with Gasteiger partial charge in [-0.25, -0.2) is 4.79 Å². The Balaban J connectivity index is 1.60. The van der Waals surface area contributed by atoms with Crippen molar-refractivity contribution < 1.29 is 9.53 Å². The minimum Gasteiger partial charge on any atom is -0.375 e. The Labute approximate surface area is 136 Å². The number of ether oxygens (including phenoxy) is 1. The number of urea groups is 1. The third-order valence-electron chi connectivity index (χ3n) is 4.74. The van der Waals surface area contributed by atoms with Gasteiger partial charge in [-0.2, -0.15) is 0 Å². The monoisotopic (exact) mass is 323 g/mol. The predicted molar refractivity (Wildman–Crippen MR) is 88.2 cm³/mol. The van der Waals surface area contributed by atoms with Crippen molar-refractivity contribution in [3.05, 3.63) is 22.4 Å². The lowest BCUT2D eigenvalue weighted by atomic mass is 9.99. The Morgan fingerprint density at radius 1 is 1.55 bits per heavy atom. The SMILES string of the molecule is CC[C@H](NC(=O)N1CC[C@H]2OCCN(C)[C@@H]2C1)c1cccs1. The molecule has 0 aromatic carbocycles. The zero-order chi connectivity index (χ0) is 15.5. The number of carbonyl (C=O) groups is 1. The van der Waals surface area contributed by atoms with E-state index in [0.717, 1.165) is 39.1 Å². The zero-order valence-electron chi connectivity index (χ0n) is 13.3. The minimum atomic E-state index is 0.0534. The van der Waals surface area contributed by atoms with Crippen LogP contribution >= 0.6 is 11.3 Å². The highest BCUT2D eigenvalue weighted by molar-refractivity contribution is 7.10. The summed E-state index contributed by atoms with van der Waals surface area (Å²) < 4.78 is 5.84. The highest BCUT2D eigenvalue weighted by Crippen LogP contribution is 2.24. The van der Waals surface area contributed by atoms with Crippen LogP contribution < -0.4 is 5.32 Å². The molecule has 0 spiro atoms. The minimum absolute atomic E-state index is 0.0534. The molecule has 3 rings (SSSR count). The summed E-state index contributed by atoms with van der Waals surface area (Å²) in [5.74, 6) is 0. The maximum Gasteiger partial charge on any atom is 0.317 e. The molecule has 0 bridgehead atoms. The van der Waals surface area contributed by atoms with Gasteiger partial charge in [0.25, 0.3) is 0 Å². The van der Waals surface area contributed by atoms with E-state index in [4.69, 9.17) is 4.74 Å². The van der Waals surface area contributed by atoms with E-state index in [0.29, 0.717) is 6.04 Å². The van der Waals surface area contributed by atoms with E-state index in [1.807, 2.05) is 11.0 Å². The summed E-state index contributed by atoms with van der Waals surface area (Å²) in [7, 11) is 2.13. The fraction of sp³-hybridized carbons (Fsp3) is 0.688. The molecule has 2 amide bonds. The van der Waals surface area contributed by atoms with Gasteiger partial charge in [-0.05, 0) is 31.3 Å². The molecule has 2 saturated heterocycles. The molecular weight excluding hydrogens is 298 g/mol. The van der Waals surface area contributed by atoms with Gasteiger partial charge in [0.1, 0.15) is 0 Å². The Morgan fingerprint density at radius 2 is 2.41 bits per heavy atom. The summed E-state index contributed by atoms with van der Waals surface area (Å²) in [4.78, 5) is 18.1. The highest BCUT2D eigenvalue weighted by atomic mass is 32.1. The molecule has 1 aromatic rings. The second-order valence-electron chi connectivity index (χ2n) is 6.12. The fourth-order valence-corrected chi connectivity index (χ4v) is 4.19. The van der Waals surface area contributed by atoms with E-state index in [1.165, 1.54) is 4.88 Å². The van der Waals surface area contributed by atoms with Gasteiger partial charge >= 0.3 is 6.03 Å². The molecule has 3 atom stereocenters. The van der Waals surface area contributed by atoms with Gasteiger partial charge in [-0.15, -0.1) is 11.3 Å². The van der Waals surface area contributed by atoms with Gasteiger partial charge in [0.05, 0.1) is 24.8 Å². The summed E-state index contributed by atoms with van der Waals surface area (Å²) in [5.41, 5.74) is 0. The Morgan fingerprint density at radius 3 is 3.14 bits per heavy atom. The van der Waals surface area contributed by atoms with Gasteiger partial charge in [-0.1, -0.05) is 13.0 Å². The van der Waals surface area contributed by atoms with Gasteiger partial charge in [0.2, 0.25) is 0 Å². The van der Waals surface area contributed by atoms with Gasteiger partial charge < -0.3 is 15.0 Å². The van der Waals surface area contributed by atoms with Crippen LogP contribution in [-0.2, 0) is 4.74 Å². The second-order valence-corrected chi connectivity index (χ2v) is 7.10. The average Bonchev–Trinajstić information content (AvgIpc) is 3.06. The number of likely N-dealkylation sites (tertiary alicyclic amines) is 1. The third kappa shape index (κ3) is 3.29. The summed E-state index contributed by atoms with van der Waals surface area (Å²) in [6, 6.07) is 4.63. The van der Waals surface area contributed by atoms with E-state index >= 15 is 0 Å². The first kappa shape index (κ1) is 15.8. The number of hydrogen-bond donors (Lipinski definition) is 1. The summed E-state index contributed by atoms with van der Waals surface area (Å²) in [5, 5.41) is 5.25. The molecule has 22 heavy (non-hydrogen) atoms. The van der Waals surface area contributed by atoms with Crippen molar-refractivity contribution in [2.75, 3.05) is 33.3 Å². The maximum absolute atomic E-state index is 12.6. The number of fused-ring (bicyclic) bond motifs is 1. The van der Waals surface area contributed by atoms with Crippen LogP contribution in [0.15, 0.2) is 17.5 Å². The van der Waals surface area contributed by atoms with Crippen molar-refractivity contribution in [1.82, 2.24) is 15.1 Å². The van der Waals surface area contributed by atoms with Gasteiger partial charge in [0.15, 0.2) is 0 Å². The molecular formula is C16H25N3O2S. The first-order valence-corrected chi connectivity index (χ1v) is 8.97. The summed E-state index contributed by atoms with van der Waals surface area (Å²) >= 11 is 1.70. The lowest BCUT2D eigenvalue weighted by Crippen LogP contribution is -2.60. The van der Waals surface area contributed by atoms with Crippen molar-refractivity contribution in [3.63, 3.8) is 0 Å². The van der Waals surface area contributed by atoms with Crippen molar-refractivity contribution in [3.8, 4) is 0 Å². The van der Waals surface area contributed by atoms with Crippen molar-refractivity contribution in [2.24, 2.45) is 0 Å². The summed E-state index contributed by atoms with van der Waals surface area (Å²) in [6.45, 7) is 5.40. The fourth-order valence-electron chi connectivity index (χ4n) is 3.33. The number of nitrogens with zero attached hydrogens (tertiary/aromatic N) is 2. The molecule has 0 unspecified atom stereocenters. The number of morpholine rings is 1. The van der Waals surface area contributed by atoms with Crippen LogP contribution in [0.3, 0.4) is 0 Å². The first-order chi connectivity index (χ1) is 10.7. The lowest BCUT2D eigenvalue weighted by Gasteiger charge is -2.45. The molecule has 6 heteroatoms. The Bertz CT molecular complexity index is 494. The number of rotatable bonds is 3. The molecule has 2 aliphatic rings. The van der Waals surface area contributed by atoms with Crippen LogP contribution in [0.25, 0.3) is 0 Å². The van der Waals surface area contributed by atoms with E-state index in [-0.39, 0.29) is 18.2 Å².